The average molecular weight is 275 g/mol. The molecular formula is C13H13N3O2S. The minimum absolute atomic E-state index is 0.133. The molecule has 1 aromatic carbocycles. The predicted molar refractivity (Wildman–Crippen MR) is 73.2 cm³/mol. The second-order valence-corrected chi connectivity index (χ2v) is 5.50. The van der Waals surface area contributed by atoms with Crippen LogP contribution in [0.4, 0.5) is 5.69 Å². The third-order valence-electron chi connectivity index (χ3n) is 3.09. The fraction of sp³-hybridized carbons (Fsp3) is 0.308. The molecule has 3 rings (SSSR count). The van der Waals surface area contributed by atoms with E-state index >= 15 is 0 Å². The lowest BCUT2D eigenvalue weighted by molar-refractivity contribution is -0.384. The van der Waals surface area contributed by atoms with Crippen molar-refractivity contribution in [3.8, 4) is 0 Å². The van der Waals surface area contributed by atoms with Crippen LogP contribution in [-0.4, -0.2) is 14.5 Å². The zero-order valence-electron chi connectivity index (χ0n) is 10.2. The van der Waals surface area contributed by atoms with Gasteiger partial charge in [0, 0.05) is 36.3 Å². The first-order chi connectivity index (χ1) is 9.24. The number of nitro benzene ring substituents is 1. The Kier molecular flexibility index (Phi) is 3.25. The SMILES string of the molecule is O=[N+]([O-])c1ccc(CSc2nccn2C2CC2)cc1. The van der Waals surface area contributed by atoms with Crippen molar-refractivity contribution in [2.45, 2.75) is 29.8 Å². The summed E-state index contributed by atoms with van der Waals surface area (Å²) >= 11 is 1.67. The van der Waals surface area contributed by atoms with Gasteiger partial charge < -0.3 is 4.57 Å². The largest absolute Gasteiger partial charge is 0.323 e. The average Bonchev–Trinajstić information content (AvgIpc) is 3.16. The normalized spacial score (nSPS) is 14.5. The molecule has 1 heterocycles. The van der Waals surface area contributed by atoms with Gasteiger partial charge in [0.15, 0.2) is 5.16 Å². The van der Waals surface area contributed by atoms with Gasteiger partial charge >= 0.3 is 0 Å². The first-order valence-electron chi connectivity index (χ1n) is 6.13. The van der Waals surface area contributed by atoms with Crippen molar-refractivity contribution in [2.75, 3.05) is 0 Å². The van der Waals surface area contributed by atoms with Crippen LogP contribution in [0.3, 0.4) is 0 Å². The molecule has 0 N–H and O–H groups in total. The number of benzene rings is 1. The van der Waals surface area contributed by atoms with Gasteiger partial charge in [0.2, 0.25) is 0 Å². The second-order valence-electron chi connectivity index (χ2n) is 4.56. The molecule has 0 amide bonds. The van der Waals surface area contributed by atoms with E-state index in [-0.39, 0.29) is 10.6 Å². The lowest BCUT2D eigenvalue weighted by Gasteiger charge is -2.05. The minimum atomic E-state index is -0.378. The minimum Gasteiger partial charge on any atom is -0.323 e. The molecule has 1 aliphatic rings. The van der Waals surface area contributed by atoms with Gasteiger partial charge in [-0.3, -0.25) is 10.1 Å². The molecule has 0 atom stereocenters. The fourth-order valence-electron chi connectivity index (χ4n) is 1.90. The van der Waals surface area contributed by atoms with Crippen LogP contribution in [0.5, 0.6) is 0 Å². The second kappa shape index (κ2) is 5.05. The smallest absolute Gasteiger partial charge is 0.269 e. The van der Waals surface area contributed by atoms with E-state index in [9.17, 15) is 10.1 Å². The van der Waals surface area contributed by atoms with E-state index in [0.717, 1.165) is 16.5 Å². The number of hydrogen-bond acceptors (Lipinski definition) is 4. The summed E-state index contributed by atoms with van der Waals surface area (Å²) in [5.74, 6) is 0.779. The number of aromatic nitrogens is 2. The molecule has 0 spiro atoms. The predicted octanol–water partition coefficient (Wildman–Crippen LogP) is 3.42. The molecule has 5 nitrogen and oxygen atoms in total. The van der Waals surface area contributed by atoms with Gasteiger partial charge in [0.1, 0.15) is 0 Å². The maximum Gasteiger partial charge on any atom is 0.269 e. The Hall–Kier alpha value is -1.82. The number of hydrogen-bond donors (Lipinski definition) is 0. The van der Waals surface area contributed by atoms with Crippen LogP contribution in [-0.2, 0) is 5.75 Å². The van der Waals surface area contributed by atoms with E-state index in [0.29, 0.717) is 6.04 Å². The van der Waals surface area contributed by atoms with E-state index in [4.69, 9.17) is 0 Å². The molecule has 1 aliphatic carbocycles. The summed E-state index contributed by atoms with van der Waals surface area (Å²) in [5, 5.41) is 11.6. The maximum absolute atomic E-state index is 10.6. The molecule has 19 heavy (non-hydrogen) atoms. The summed E-state index contributed by atoms with van der Waals surface area (Å²) in [7, 11) is 0. The van der Waals surface area contributed by atoms with Gasteiger partial charge in [-0.25, -0.2) is 4.98 Å². The molecule has 1 saturated carbocycles. The number of nitrogens with zero attached hydrogens (tertiary/aromatic N) is 3. The van der Waals surface area contributed by atoms with Crippen molar-refractivity contribution in [3.05, 3.63) is 52.3 Å². The standard InChI is InChI=1S/C13H13N3O2S/c17-16(18)12-3-1-10(2-4-12)9-19-13-14-7-8-15(13)11-5-6-11/h1-4,7-8,11H,5-6,9H2. The molecular weight excluding hydrogens is 262 g/mol. The van der Waals surface area contributed by atoms with Gasteiger partial charge in [-0.1, -0.05) is 23.9 Å². The van der Waals surface area contributed by atoms with Crippen LogP contribution in [0.25, 0.3) is 0 Å². The van der Waals surface area contributed by atoms with Crippen molar-refractivity contribution >= 4 is 17.4 Å². The molecule has 0 aliphatic heterocycles. The van der Waals surface area contributed by atoms with Crippen molar-refractivity contribution in [3.63, 3.8) is 0 Å². The Morgan fingerprint density at radius 1 is 1.37 bits per heavy atom. The Morgan fingerprint density at radius 2 is 2.11 bits per heavy atom. The Labute approximate surface area is 114 Å². The summed E-state index contributed by atoms with van der Waals surface area (Å²) in [6.45, 7) is 0. The molecule has 2 aromatic rings. The van der Waals surface area contributed by atoms with Crippen LogP contribution < -0.4 is 0 Å². The lowest BCUT2D eigenvalue weighted by Crippen LogP contribution is -1.95. The molecule has 0 radical (unpaired) electrons. The molecule has 6 heteroatoms. The third-order valence-corrected chi connectivity index (χ3v) is 4.14. The van der Waals surface area contributed by atoms with Gasteiger partial charge in [-0.15, -0.1) is 0 Å². The Bertz CT molecular complexity index is 590. The van der Waals surface area contributed by atoms with Crippen LogP contribution in [0, 0.1) is 10.1 Å². The van der Waals surface area contributed by atoms with Crippen LogP contribution in [0.1, 0.15) is 24.4 Å². The number of rotatable bonds is 5. The van der Waals surface area contributed by atoms with E-state index < -0.39 is 0 Å². The molecule has 0 unspecified atom stereocenters. The Morgan fingerprint density at radius 3 is 2.74 bits per heavy atom. The molecule has 1 fully saturated rings. The molecule has 0 bridgehead atoms. The number of thioether (sulfide) groups is 1. The van der Waals surface area contributed by atoms with Gasteiger partial charge in [0.05, 0.1) is 4.92 Å². The van der Waals surface area contributed by atoms with Gasteiger partial charge in [0.25, 0.3) is 5.69 Å². The monoisotopic (exact) mass is 275 g/mol. The number of nitro groups is 1. The topological polar surface area (TPSA) is 61.0 Å². The zero-order valence-corrected chi connectivity index (χ0v) is 11.0. The maximum atomic E-state index is 10.6. The van der Waals surface area contributed by atoms with Crippen LogP contribution in [0.2, 0.25) is 0 Å². The highest BCUT2D eigenvalue weighted by molar-refractivity contribution is 7.98. The van der Waals surface area contributed by atoms with E-state index in [1.807, 2.05) is 12.4 Å². The lowest BCUT2D eigenvalue weighted by atomic mass is 10.2. The van der Waals surface area contributed by atoms with Crippen molar-refractivity contribution < 1.29 is 4.92 Å². The summed E-state index contributed by atoms with van der Waals surface area (Å²) in [6.07, 6.45) is 6.33. The van der Waals surface area contributed by atoms with Crippen molar-refractivity contribution in [1.29, 1.82) is 0 Å². The van der Waals surface area contributed by atoms with E-state index in [2.05, 4.69) is 9.55 Å². The summed E-state index contributed by atoms with van der Waals surface area (Å²) in [5.41, 5.74) is 1.20. The number of non-ortho nitro benzene ring substituents is 1. The van der Waals surface area contributed by atoms with Crippen LogP contribution >= 0.6 is 11.8 Å². The van der Waals surface area contributed by atoms with Crippen molar-refractivity contribution in [2.24, 2.45) is 0 Å². The number of imidazole rings is 1. The van der Waals surface area contributed by atoms with E-state index in [1.165, 1.54) is 12.8 Å². The first-order valence-corrected chi connectivity index (χ1v) is 7.11. The van der Waals surface area contributed by atoms with Crippen LogP contribution in [0.15, 0.2) is 41.8 Å². The fourth-order valence-corrected chi connectivity index (χ4v) is 2.89. The van der Waals surface area contributed by atoms with E-state index in [1.54, 1.807) is 36.0 Å². The third kappa shape index (κ3) is 2.78. The van der Waals surface area contributed by atoms with Gasteiger partial charge in [-0.05, 0) is 18.4 Å². The summed E-state index contributed by atoms with van der Waals surface area (Å²) in [6, 6.07) is 7.32. The quantitative estimate of drug-likeness (QED) is 0.476. The highest BCUT2D eigenvalue weighted by Gasteiger charge is 2.25. The Balaban J connectivity index is 1.65. The summed E-state index contributed by atoms with van der Waals surface area (Å²) < 4.78 is 2.22. The van der Waals surface area contributed by atoms with Gasteiger partial charge in [-0.2, -0.15) is 0 Å². The highest BCUT2D eigenvalue weighted by atomic mass is 32.2. The summed E-state index contributed by atoms with van der Waals surface area (Å²) in [4.78, 5) is 14.5. The molecule has 0 saturated heterocycles. The molecule has 1 aromatic heterocycles. The first kappa shape index (κ1) is 12.2. The molecule has 98 valence electrons. The highest BCUT2D eigenvalue weighted by Crippen LogP contribution is 2.38. The zero-order chi connectivity index (χ0) is 13.2. The van der Waals surface area contributed by atoms with Crippen molar-refractivity contribution in [1.82, 2.24) is 9.55 Å².